The lowest BCUT2D eigenvalue weighted by atomic mass is 10.1. The van der Waals surface area contributed by atoms with E-state index >= 15 is 0 Å². The van der Waals surface area contributed by atoms with Crippen molar-refractivity contribution in [1.82, 2.24) is 24.6 Å². The summed E-state index contributed by atoms with van der Waals surface area (Å²) in [7, 11) is 0. The fraction of sp³-hybridized carbons (Fsp3) is 0.368. The van der Waals surface area contributed by atoms with Gasteiger partial charge >= 0.3 is 0 Å². The van der Waals surface area contributed by atoms with Crippen LogP contribution in [0.3, 0.4) is 0 Å². The molecule has 2 aliphatic rings. The minimum Gasteiger partial charge on any atom is -0.454 e. The van der Waals surface area contributed by atoms with Crippen LogP contribution < -0.4 is 9.47 Å². The molecule has 28 heavy (non-hydrogen) atoms. The first kappa shape index (κ1) is 17.9. The monoisotopic (exact) mass is 415 g/mol. The van der Waals surface area contributed by atoms with Gasteiger partial charge in [-0.05, 0) is 41.4 Å². The van der Waals surface area contributed by atoms with Crippen molar-refractivity contribution in [2.45, 2.75) is 13.2 Å². The topological polar surface area (TPSA) is 58.6 Å². The van der Waals surface area contributed by atoms with Gasteiger partial charge in [0.05, 0.1) is 11.5 Å². The van der Waals surface area contributed by atoms with Crippen molar-refractivity contribution in [2.24, 2.45) is 0 Å². The second-order valence-corrected chi connectivity index (χ2v) is 8.30. The summed E-state index contributed by atoms with van der Waals surface area (Å²) in [6.07, 6.45) is 0. The molecule has 1 N–H and O–H groups in total. The Bertz CT molecular complexity index is 1010. The lowest BCUT2D eigenvalue weighted by Gasteiger charge is -2.34. The molecule has 2 aromatic heterocycles. The van der Waals surface area contributed by atoms with Crippen LogP contribution in [-0.4, -0.2) is 57.5 Å². The van der Waals surface area contributed by atoms with Crippen LogP contribution >= 0.6 is 23.6 Å². The highest BCUT2D eigenvalue weighted by atomic mass is 32.1. The summed E-state index contributed by atoms with van der Waals surface area (Å²) >= 11 is 7.09. The van der Waals surface area contributed by atoms with E-state index in [-0.39, 0.29) is 0 Å². The summed E-state index contributed by atoms with van der Waals surface area (Å²) in [6, 6.07) is 10.3. The summed E-state index contributed by atoms with van der Waals surface area (Å²) in [6.45, 7) is 6.04. The molecule has 2 aliphatic heterocycles. The number of benzene rings is 1. The number of nitrogens with zero attached hydrogens (tertiary/aromatic N) is 4. The number of rotatable bonds is 5. The Labute approximate surface area is 172 Å². The molecule has 4 heterocycles. The maximum absolute atomic E-state index is 5.48. The van der Waals surface area contributed by atoms with E-state index in [1.54, 1.807) is 11.3 Å². The molecule has 146 valence electrons. The standard InChI is InChI=1S/C19H21N5O2S2/c27-19-20-18(17-2-1-9-28-17)21-24(19)12-23-7-5-22(6-8-23)11-14-3-4-15-16(10-14)26-13-25-15/h1-4,9-10H,5-8,11-13H2,(H,20,21,27). The first-order chi connectivity index (χ1) is 13.7. The number of hydrogen-bond acceptors (Lipinski definition) is 7. The molecule has 0 unspecified atom stereocenters. The van der Waals surface area contributed by atoms with E-state index < -0.39 is 0 Å². The maximum atomic E-state index is 5.48. The average Bonchev–Trinajstić information content (AvgIpc) is 3.45. The van der Waals surface area contributed by atoms with Gasteiger partial charge in [-0.1, -0.05) is 12.1 Å². The molecule has 0 radical (unpaired) electrons. The van der Waals surface area contributed by atoms with Crippen LogP contribution in [0.15, 0.2) is 35.7 Å². The first-order valence-corrected chi connectivity index (χ1v) is 10.6. The Kier molecular flexibility index (Phi) is 4.89. The molecule has 0 bridgehead atoms. The number of aromatic nitrogens is 3. The van der Waals surface area contributed by atoms with Gasteiger partial charge in [0.25, 0.3) is 0 Å². The molecule has 0 spiro atoms. The van der Waals surface area contributed by atoms with Crippen LogP contribution in [-0.2, 0) is 13.2 Å². The maximum Gasteiger partial charge on any atom is 0.231 e. The van der Waals surface area contributed by atoms with E-state index in [0.29, 0.717) is 11.6 Å². The third kappa shape index (κ3) is 3.70. The van der Waals surface area contributed by atoms with Gasteiger partial charge in [-0.3, -0.25) is 14.9 Å². The first-order valence-electron chi connectivity index (χ1n) is 9.28. The van der Waals surface area contributed by atoms with Gasteiger partial charge in [-0.2, -0.15) is 4.98 Å². The SMILES string of the molecule is S=c1nc(-c2cccs2)[nH]n1CN1CCN(Cc2ccc3c(c2)OCO3)CC1. The molecule has 3 aromatic rings. The zero-order chi connectivity index (χ0) is 18.9. The lowest BCUT2D eigenvalue weighted by Crippen LogP contribution is -2.46. The van der Waals surface area contributed by atoms with Crippen LogP contribution in [0, 0.1) is 4.77 Å². The molecule has 9 heteroatoms. The predicted molar refractivity (Wildman–Crippen MR) is 110 cm³/mol. The van der Waals surface area contributed by atoms with E-state index in [4.69, 9.17) is 21.7 Å². The van der Waals surface area contributed by atoms with Crippen molar-refractivity contribution < 1.29 is 9.47 Å². The molecule has 1 aromatic carbocycles. The number of ether oxygens (including phenoxy) is 2. The Hall–Kier alpha value is -2.20. The van der Waals surface area contributed by atoms with Crippen LogP contribution in [0.1, 0.15) is 5.56 Å². The Balaban J connectivity index is 1.17. The number of hydrogen-bond donors (Lipinski definition) is 1. The van der Waals surface area contributed by atoms with Crippen molar-refractivity contribution in [1.29, 1.82) is 0 Å². The minimum absolute atomic E-state index is 0.321. The summed E-state index contributed by atoms with van der Waals surface area (Å²) in [5, 5.41) is 5.38. The largest absolute Gasteiger partial charge is 0.454 e. The Morgan fingerprint density at radius 3 is 2.71 bits per heavy atom. The van der Waals surface area contributed by atoms with Gasteiger partial charge in [0.2, 0.25) is 11.6 Å². The Morgan fingerprint density at radius 2 is 1.89 bits per heavy atom. The minimum atomic E-state index is 0.321. The highest BCUT2D eigenvalue weighted by molar-refractivity contribution is 7.71. The number of H-pyrrole nitrogens is 1. The smallest absolute Gasteiger partial charge is 0.231 e. The second-order valence-electron chi connectivity index (χ2n) is 6.98. The molecule has 5 rings (SSSR count). The third-order valence-corrected chi connectivity index (χ3v) is 6.27. The van der Waals surface area contributed by atoms with Crippen LogP contribution in [0.2, 0.25) is 0 Å². The zero-order valence-corrected chi connectivity index (χ0v) is 17.0. The molecule has 0 aliphatic carbocycles. The summed E-state index contributed by atoms with van der Waals surface area (Å²) in [4.78, 5) is 10.5. The van der Waals surface area contributed by atoms with Crippen LogP contribution in [0.4, 0.5) is 0 Å². The van der Waals surface area contributed by atoms with Gasteiger partial charge in [0.15, 0.2) is 17.3 Å². The molecule has 0 atom stereocenters. The van der Waals surface area contributed by atoms with Gasteiger partial charge in [0, 0.05) is 32.7 Å². The summed E-state index contributed by atoms with van der Waals surface area (Å²) in [5.41, 5.74) is 1.26. The van der Waals surface area contributed by atoms with Crippen molar-refractivity contribution in [3.05, 3.63) is 46.0 Å². The number of thiophene rings is 1. The molecular weight excluding hydrogens is 394 g/mol. The van der Waals surface area contributed by atoms with Gasteiger partial charge in [0.1, 0.15) is 0 Å². The van der Waals surface area contributed by atoms with Crippen molar-refractivity contribution >= 4 is 23.6 Å². The van der Waals surface area contributed by atoms with Gasteiger partial charge < -0.3 is 9.47 Å². The van der Waals surface area contributed by atoms with Crippen molar-refractivity contribution in [3.8, 4) is 22.2 Å². The highest BCUT2D eigenvalue weighted by Crippen LogP contribution is 2.32. The van der Waals surface area contributed by atoms with E-state index in [2.05, 4.69) is 38.1 Å². The normalized spacial score (nSPS) is 17.3. The molecular formula is C19H21N5O2S2. The third-order valence-electron chi connectivity index (χ3n) is 5.08. The van der Waals surface area contributed by atoms with Crippen molar-refractivity contribution in [3.63, 3.8) is 0 Å². The number of aromatic amines is 1. The van der Waals surface area contributed by atoms with Gasteiger partial charge in [-0.15, -0.1) is 11.3 Å². The molecule has 0 saturated carbocycles. The lowest BCUT2D eigenvalue weighted by molar-refractivity contribution is 0.0982. The number of piperazine rings is 1. The van der Waals surface area contributed by atoms with E-state index in [1.807, 2.05) is 22.2 Å². The molecule has 1 fully saturated rings. The van der Waals surface area contributed by atoms with Crippen LogP contribution in [0.5, 0.6) is 11.5 Å². The van der Waals surface area contributed by atoms with E-state index in [1.165, 1.54) is 5.56 Å². The quantitative estimate of drug-likeness (QED) is 0.646. The fourth-order valence-electron chi connectivity index (χ4n) is 3.56. The van der Waals surface area contributed by atoms with Crippen molar-refractivity contribution in [2.75, 3.05) is 33.0 Å². The molecule has 7 nitrogen and oxygen atoms in total. The molecule has 0 amide bonds. The molecule has 1 saturated heterocycles. The number of nitrogens with one attached hydrogen (secondary N) is 1. The summed E-state index contributed by atoms with van der Waals surface area (Å²) in [5.74, 6) is 2.54. The number of fused-ring (bicyclic) bond motifs is 1. The predicted octanol–water partition coefficient (Wildman–Crippen LogP) is 3.17. The van der Waals surface area contributed by atoms with Gasteiger partial charge in [-0.25, -0.2) is 4.68 Å². The summed E-state index contributed by atoms with van der Waals surface area (Å²) < 4.78 is 13.4. The fourth-order valence-corrected chi connectivity index (χ4v) is 4.42. The second kappa shape index (κ2) is 7.67. The highest BCUT2D eigenvalue weighted by Gasteiger charge is 2.19. The zero-order valence-electron chi connectivity index (χ0n) is 15.3. The Morgan fingerprint density at radius 1 is 1.07 bits per heavy atom. The van der Waals surface area contributed by atoms with E-state index in [0.717, 1.165) is 61.6 Å². The van der Waals surface area contributed by atoms with E-state index in [9.17, 15) is 0 Å². The average molecular weight is 416 g/mol. The van der Waals surface area contributed by atoms with Crippen LogP contribution in [0.25, 0.3) is 10.7 Å².